The summed E-state index contributed by atoms with van der Waals surface area (Å²) >= 11 is 0. The van der Waals surface area contributed by atoms with Crippen molar-refractivity contribution in [1.82, 2.24) is 9.38 Å². The molecule has 3 aromatic rings. The van der Waals surface area contributed by atoms with Crippen LogP contribution in [0.3, 0.4) is 0 Å². The molecule has 0 bridgehead atoms. The molecule has 0 aliphatic heterocycles. The summed E-state index contributed by atoms with van der Waals surface area (Å²) in [4.78, 5) is 27.9. The number of pyridine rings is 1. The second-order valence-corrected chi connectivity index (χ2v) is 5.11. The topological polar surface area (TPSA) is 102 Å². The summed E-state index contributed by atoms with van der Waals surface area (Å²) in [5.74, 6) is -0.657. The number of imidazole rings is 1. The molecule has 2 aromatic heterocycles. The predicted octanol–water partition coefficient (Wildman–Crippen LogP) is 3.33. The lowest BCUT2D eigenvalue weighted by Crippen LogP contribution is -2.15. The van der Waals surface area contributed by atoms with Crippen molar-refractivity contribution in [2.24, 2.45) is 0 Å². The van der Waals surface area contributed by atoms with Crippen LogP contribution in [0.4, 0.5) is 5.69 Å². The highest BCUT2D eigenvalue weighted by atomic mass is 16.5. The standard InChI is InChI=1S/C17H15N3O5.C2H6/c1-24-13-7-15-18-12(8-20(15)9-14(13)25-2)16(21)19-11-6-4-3-5-10(11)17(22)23;1-2/h3-9H,1-2H3,(H,19,21)(H,22,23);1-2H3. The maximum atomic E-state index is 12.4. The quantitative estimate of drug-likeness (QED) is 0.713. The van der Waals surface area contributed by atoms with Crippen molar-refractivity contribution in [1.29, 1.82) is 0 Å². The second-order valence-electron chi connectivity index (χ2n) is 5.11. The smallest absolute Gasteiger partial charge is 0.337 e. The molecule has 0 atom stereocenters. The number of nitrogens with one attached hydrogen (secondary N) is 1. The van der Waals surface area contributed by atoms with E-state index in [1.807, 2.05) is 13.8 Å². The Kier molecular flexibility index (Phi) is 6.37. The van der Waals surface area contributed by atoms with Crippen LogP contribution < -0.4 is 14.8 Å². The van der Waals surface area contributed by atoms with Gasteiger partial charge in [0, 0.05) is 12.3 Å². The van der Waals surface area contributed by atoms with Gasteiger partial charge in [-0.15, -0.1) is 0 Å². The Labute approximate surface area is 156 Å². The van der Waals surface area contributed by atoms with Gasteiger partial charge in [0.15, 0.2) is 11.5 Å². The molecule has 0 fully saturated rings. The van der Waals surface area contributed by atoms with Gasteiger partial charge in [-0.05, 0) is 12.1 Å². The summed E-state index contributed by atoms with van der Waals surface area (Å²) in [7, 11) is 3.02. The van der Waals surface area contributed by atoms with Crippen molar-refractivity contribution in [2.75, 3.05) is 19.5 Å². The van der Waals surface area contributed by atoms with E-state index >= 15 is 0 Å². The van der Waals surface area contributed by atoms with E-state index in [1.54, 1.807) is 28.8 Å². The lowest BCUT2D eigenvalue weighted by atomic mass is 10.2. The number of nitrogens with zero attached hydrogens (tertiary/aromatic N) is 2. The predicted molar refractivity (Wildman–Crippen MR) is 101 cm³/mol. The van der Waals surface area contributed by atoms with Crippen LogP contribution in [0.5, 0.6) is 11.5 Å². The first-order valence-corrected chi connectivity index (χ1v) is 8.28. The lowest BCUT2D eigenvalue weighted by Gasteiger charge is -2.06. The average molecular weight is 371 g/mol. The van der Waals surface area contributed by atoms with Gasteiger partial charge in [-0.2, -0.15) is 0 Å². The largest absolute Gasteiger partial charge is 0.493 e. The number of para-hydroxylation sites is 1. The molecule has 8 heteroatoms. The van der Waals surface area contributed by atoms with Gasteiger partial charge >= 0.3 is 5.97 Å². The number of hydrogen-bond acceptors (Lipinski definition) is 5. The van der Waals surface area contributed by atoms with Gasteiger partial charge in [0.25, 0.3) is 5.91 Å². The minimum absolute atomic E-state index is 0.00273. The van der Waals surface area contributed by atoms with Gasteiger partial charge in [-0.3, -0.25) is 4.79 Å². The number of carboxylic acid groups (broad SMARTS) is 1. The van der Waals surface area contributed by atoms with Crippen LogP contribution in [0, 0.1) is 0 Å². The van der Waals surface area contributed by atoms with E-state index in [2.05, 4.69) is 10.3 Å². The molecule has 0 aliphatic carbocycles. The first-order valence-electron chi connectivity index (χ1n) is 8.28. The third-order valence-corrected chi connectivity index (χ3v) is 3.60. The van der Waals surface area contributed by atoms with E-state index in [0.717, 1.165) is 0 Å². The molecular formula is C19H21N3O5. The summed E-state index contributed by atoms with van der Waals surface area (Å²) in [6.45, 7) is 4.00. The van der Waals surface area contributed by atoms with Crippen molar-refractivity contribution >= 4 is 23.2 Å². The molecule has 2 heterocycles. The molecule has 0 unspecified atom stereocenters. The normalized spacial score (nSPS) is 9.93. The summed E-state index contributed by atoms with van der Waals surface area (Å²) in [6.07, 6.45) is 3.17. The van der Waals surface area contributed by atoms with E-state index in [1.165, 1.54) is 32.5 Å². The first-order chi connectivity index (χ1) is 13.0. The van der Waals surface area contributed by atoms with Crippen LogP contribution in [0.2, 0.25) is 0 Å². The van der Waals surface area contributed by atoms with Crippen molar-refractivity contribution in [2.45, 2.75) is 13.8 Å². The number of fused-ring (bicyclic) bond motifs is 1. The Morgan fingerprint density at radius 1 is 1.07 bits per heavy atom. The van der Waals surface area contributed by atoms with Crippen molar-refractivity contribution in [3.05, 3.63) is 54.0 Å². The van der Waals surface area contributed by atoms with Gasteiger partial charge in [0.1, 0.15) is 11.3 Å². The fourth-order valence-electron chi connectivity index (χ4n) is 2.38. The van der Waals surface area contributed by atoms with Gasteiger partial charge in [0.05, 0.1) is 31.7 Å². The molecule has 0 radical (unpaired) electrons. The number of carbonyl (C=O) groups is 2. The molecule has 8 nitrogen and oxygen atoms in total. The molecule has 27 heavy (non-hydrogen) atoms. The van der Waals surface area contributed by atoms with E-state index in [-0.39, 0.29) is 16.9 Å². The van der Waals surface area contributed by atoms with E-state index in [0.29, 0.717) is 17.1 Å². The maximum Gasteiger partial charge on any atom is 0.337 e. The summed E-state index contributed by atoms with van der Waals surface area (Å²) in [5, 5.41) is 11.7. The van der Waals surface area contributed by atoms with Gasteiger partial charge in [0.2, 0.25) is 0 Å². The van der Waals surface area contributed by atoms with E-state index < -0.39 is 11.9 Å². The third kappa shape index (κ3) is 4.17. The average Bonchev–Trinajstić information content (AvgIpc) is 3.11. The number of amides is 1. The molecule has 142 valence electrons. The molecule has 1 aromatic carbocycles. The number of rotatable bonds is 5. The van der Waals surface area contributed by atoms with E-state index in [9.17, 15) is 14.7 Å². The third-order valence-electron chi connectivity index (χ3n) is 3.60. The van der Waals surface area contributed by atoms with Crippen LogP contribution in [0.15, 0.2) is 42.7 Å². The van der Waals surface area contributed by atoms with Crippen molar-refractivity contribution < 1.29 is 24.2 Å². The Hall–Kier alpha value is -3.55. The van der Waals surface area contributed by atoms with Gasteiger partial charge in [-0.25, -0.2) is 9.78 Å². The van der Waals surface area contributed by atoms with Crippen LogP contribution >= 0.6 is 0 Å². The highest BCUT2D eigenvalue weighted by molar-refractivity contribution is 6.07. The Bertz CT molecular complexity index is 924. The molecule has 3 rings (SSSR count). The molecule has 0 saturated carbocycles. The molecule has 0 spiro atoms. The maximum absolute atomic E-state index is 12.4. The summed E-state index contributed by atoms with van der Waals surface area (Å²) in [5.41, 5.74) is 0.833. The zero-order valence-electron chi connectivity index (χ0n) is 15.5. The van der Waals surface area contributed by atoms with Gasteiger partial charge in [-0.1, -0.05) is 26.0 Å². The van der Waals surface area contributed by atoms with Gasteiger partial charge < -0.3 is 24.3 Å². The summed E-state index contributed by atoms with van der Waals surface area (Å²) in [6, 6.07) is 7.80. The van der Waals surface area contributed by atoms with Crippen molar-refractivity contribution in [3.63, 3.8) is 0 Å². The van der Waals surface area contributed by atoms with Crippen LogP contribution in [-0.4, -0.2) is 40.6 Å². The molecule has 0 aliphatic rings. The van der Waals surface area contributed by atoms with Crippen molar-refractivity contribution in [3.8, 4) is 11.5 Å². The number of aromatic nitrogens is 2. The Balaban J connectivity index is 0.00000126. The Morgan fingerprint density at radius 2 is 1.74 bits per heavy atom. The number of carboxylic acids is 1. The highest BCUT2D eigenvalue weighted by Gasteiger charge is 2.16. The number of hydrogen-bond donors (Lipinski definition) is 2. The molecule has 2 N–H and O–H groups in total. The van der Waals surface area contributed by atoms with Crippen LogP contribution in [0.1, 0.15) is 34.7 Å². The molecular weight excluding hydrogens is 350 g/mol. The van der Waals surface area contributed by atoms with Crippen LogP contribution in [0.25, 0.3) is 5.65 Å². The lowest BCUT2D eigenvalue weighted by molar-refractivity contribution is 0.0698. The van der Waals surface area contributed by atoms with E-state index in [4.69, 9.17) is 9.47 Å². The summed E-state index contributed by atoms with van der Waals surface area (Å²) < 4.78 is 12.0. The zero-order chi connectivity index (χ0) is 20.0. The number of ether oxygens (including phenoxy) is 2. The second kappa shape index (κ2) is 8.70. The minimum atomic E-state index is -1.12. The first kappa shape index (κ1) is 19.8. The number of methoxy groups -OCH3 is 2. The number of benzene rings is 1. The minimum Gasteiger partial charge on any atom is -0.493 e. The highest BCUT2D eigenvalue weighted by Crippen LogP contribution is 2.28. The number of carbonyl (C=O) groups excluding carboxylic acids is 1. The molecule has 0 saturated heterocycles. The fraction of sp³-hybridized carbons (Fsp3) is 0.211. The monoisotopic (exact) mass is 371 g/mol. The molecule has 1 amide bonds. The van der Waals surface area contributed by atoms with Crippen LogP contribution in [-0.2, 0) is 0 Å². The fourth-order valence-corrected chi connectivity index (χ4v) is 2.38. The number of aromatic carboxylic acids is 1. The number of anilines is 1. The Morgan fingerprint density at radius 3 is 2.37 bits per heavy atom. The zero-order valence-corrected chi connectivity index (χ0v) is 15.5. The SMILES string of the molecule is CC.COc1cc2nc(C(=O)Nc3ccccc3C(=O)O)cn2cc1OC.